The Bertz CT molecular complexity index is 636. The molecule has 1 heterocycles. The number of halogens is 1. The molecule has 6 heteroatoms. The second kappa shape index (κ2) is 7.85. The summed E-state index contributed by atoms with van der Waals surface area (Å²) in [6, 6.07) is 4.25. The molecule has 1 saturated carbocycles. The Kier molecular flexibility index (Phi) is 5.56. The fraction of sp³-hybridized carbons (Fsp3) is 0.579. The fourth-order valence-electron chi connectivity index (χ4n) is 3.72. The molecule has 1 aliphatic carbocycles. The van der Waals surface area contributed by atoms with Crippen molar-refractivity contribution in [3.63, 3.8) is 0 Å². The minimum Gasteiger partial charge on any atom is -0.494 e. The van der Waals surface area contributed by atoms with Crippen LogP contribution in [0.3, 0.4) is 0 Å². The van der Waals surface area contributed by atoms with Crippen LogP contribution in [-0.2, 0) is 4.79 Å². The van der Waals surface area contributed by atoms with Crippen molar-refractivity contribution in [3.05, 3.63) is 29.6 Å². The summed E-state index contributed by atoms with van der Waals surface area (Å²) in [5.74, 6) is -0.223. The molecule has 5 nitrogen and oxygen atoms in total. The number of rotatable bonds is 3. The lowest BCUT2D eigenvalue weighted by atomic mass is 9.88. The SMILES string of the molecule is COc1ccc(C(=O)N2CCN(C(=O)C3CCCCC3)CC2)cc1F. The van der Waals surface area contributed by atoms with Crippen LogP contribution in [0.2, 0.25) is 0 Å². The van der Waals surface area contributed by atoms with Crippen molar-refractivity contribution in [1.29, 1.82) is 0 Å². The van der Waals surface area contributed by atoms with Gasteiger partial charge >= 0.3 is 0 Å². The number of amides is 2. The number of methoxy groups -OCH3 is 1. The highest BCUT2D eigenvalue weighted by Crippen LogP contribution is 2.26. The third-order valence-electron chi connectivity index (χ3n) is 5.23. The van der Waals surface area contributed by atoms with Gasteiger partial charge in [-0.05, 0) is 31.0 Å². The zero-order chi connectivity index (χ0) is 17.8. The smallest absolute Gasteiger partial charge is 0.254 e. The summed E-state index contributed by atoms with van der Waals surface area (Å²) in [4.78, 5) is 28.7. The summed E-state index contributed by atoms with van der Waals surface area (Å²) < 4.78 is 18.7. The first-order valence-electron chi connectivity index (χ1n) is 9.01. The molecule has 0 radical (unpaired) electrons. The third-order valence-corrected chi connectivity index (χ3v) is 5.23. The molecule has 0 aromatic heterocycles. The number of ether oxygens (including phenoxy) is 1. The topological polar surface area (TPSA) is 49.9 Å². The summed E-state index contributed by atoms with van der Waals surface area (Å²) in [5.41, 5.74) is 0.311. The molecular formula is C19H25FN2O3. The van der Waals surface area contributed by atoms with Crippen LogP contribution in [0.5, 0.6) is 5.75 Å². The summed E-state index contributed by atoms with van der Waals surface area (Å²) >= 11 is 0. The number of hydrogen-bond acceptors (Lipinski definition) is 3. The Morgan fingerprint density at radius 3 is 2.28 bits per heavy atom. The Morgan fingerprint density at radius 1 is 1.04 bits per heavy atom. The van der Waals surface area contributed by atoms with Crippen LogP contribution in [0.15, 0.2) is 18.2 Å². The van der Waals surface area contributed by atoms with E-state index in [1.54, 1.807) is 11.0 Å². The summed E-state index contributed by atoms with van der Waals surface area (Å²) in [6.07, 6.45) is 5.48. The normalized spacial score (nSPS) is 19.0. The van der Waals surface area contributed by atoms with Crippen molar-refractivity contribution >= 4 is 11.8 Å². The van der Waals surface area contributed by atoms with Gasteiger partial charge in [0, 0.05) is 37.7 Å². The molecule has 2 fully saturated rings. The van der Waals surface area contributed by atoms with Crippen molar-refractivity contribution in [1.82, 2.24) is 9.80 Å². The lowest BCUT2D eigenvalue weighted by molar-refractivity contribution is -0.138. The summed E-state index contributed by atoms with van der Waals surface area (Å²) in [6.45, 7) is 2.09. The standard InChI is InChI=1S/C19H25FN2O3/c1-25-17-8-7-15(13-16(17)20)19(24)22-11-9-21(10-12-22)18(23)14-5-3-2-4-6-14/h7-8,13-14H,2-6,9-12H2,1H3. The van der Waals surface area contributed by atoms with E-state index >= 15 is 0 Å². The molecule has 0 unspecified atom stereocenters. The van der Waals surface area contributed by atoms with Gasteiger partial charge in [-0.25, -0.2) is 4.39 Å². The number of carbonyl (C=O) groups is 2. The highest BCUT2D eigenvalue weighted by atomic mass is 19.1. The zero-order valence-corrected chi connectivity index (χ0v) is 14.7. The van der Waals surface area contributed by atoms with Crippen LogP contribution in [0.1, 0.15) is 42.5 Å². The van der Waals surface area contributed by atoms with E-state index in [0.717, 1.165) is 25.7 Å². The van der Waals surface area contributed by atoms with E-state index in [1.165, 1.54) is 25.7 Å². The lowest BCUT2D eigenvalue weighted by Crippen LogP contribution is -2.52. The molecule has 0 atom stereocenters. The van der Waals surface area contributed by atoms with E-state index in [-0.39, 0.29) is 23.5 Å². The molecule has 1 saturated heterocycles. The van der Waals surface area contributed by atoms with E-state index in [4.69, 9.17) is 4.74 Å². The van der Waals surface area contributed by atoms with Gasteiger partial charge < -0.3 is 14.5 Å². The van der Waals surface area contributed by atoms with Gasteiger partial charge in [0.05, 0.1) is 7.11 Å². The molecule has 1 aliphatic heterocycles. The average molecular weight is 348 g/mol. The Morgan fingerprint density at radius 2 is 1.68 bits per heavy atom. The quantitative estimate of drug-likeness (QED) is 0.844. The maximum Gasteiger partial charge on any atom is 0.254 e. The second-order valence-electron chi connectivity index (χ2n) is 6.80. The van der Waals surface area contributed by atoms with Crippen molar-refractivity contribution in [2.75, 3.05) is 33.3 Å². The number of benzene rings is 1. The van der Waals surface area contributed by atoms with Gasteiger partial charge in [-0.1, -0.05) is 19.3 Å². The molecule has 1 aromatic rings. The van der Waals surface area contributed by atoms with Crippen molar-refractivity contribution in [2.45, 2.75) is 32.1 Å². The van der Waals surface area contributed by atoms with Crippen molar-refractivity contribution < 1.29 is 18.7 Å². The molecule has 3 rings (SSSR count). The van der Waals surface area contributed by atoms with Gasteiger partial charge in [-0.3, -0.25) is 9.59 Å². The number of carbonyl (C=O) groups excluding carboxylic acids is 2. The van der Waals surface area contributed by atoms with Crippen molar-refractivity contribution in [2.24, 2.45) is 5.92 Å². The second-order valence-corrected chi connectivity index (χ2v) is 6.80. The Balaban J connectivity index is 1.57. The zero-order valence-electron chi connectivity index (χ0n) is 14.7. The van der Waals surface area contributed by atoms with Gasteiger partial charge in [-0.2, -0.15) is 0 Å². The first-order valence-corrected chi connectivity index (χ1v) is 9.01. The first-order chi connectivity index (χ1) is 12.1. The maximum absolute atomic E-state index is 13.8. The van der Waals surface area contributed by atoms with Gasteiger partial charge in [0.2, 0.25) is 5.91 Å². The van der Waals surface area contributed by atoms with Crippen molar-refractivity contribution in [3.8, 4) is 5.75 Å². The van der Waals surface area contributed by atoms with E-state index in [2.05, 4.69) is 0 Å². The maximum atomic E-state index is 13.8. The molecule has 25 heavy (non-hydrogen) atoms. The molecule has 2 aliphatic rings. The van der Waals surface area contributed by atoms with E-state index in [0.29, 0.717) is 31.7 Å². The van der Waals surface area contributed by atoms with Crippen LogP contribution in [-0.4, -0.2) is 54.9 Å². The largest absolute Gasteiger partial charge is 0.494 e. The number of piperazine rings is 1. The lowest BCUT2D eigenvalue weighted by Gasteiger charge is -2.37. The number of hydrogen-bond donors (Lipinski definition) is 0. The molecule has 136 valence electrons. The van der Waals surface area contributed by atoms with Gasteiger partial charge in [0.25, 0.3) is 5.91 Å². The first kappa shape index (κ1) is 17.7. The fourth-order valence-corrected chi connectivity index (χ4v) is 3.72. The predicted octanol–water partition coefficient (Wildman–Crippen LogP) is 2.70. The van der Waals surface area contributed by atoms with Gasteiger partial charge in [0.1, 0.15) is 0 Å². The molecule has 0 N–H and O–H groups in total. The third kappa shape index (κ3) is 3.94. The highest BCUT2D eigenvalue weighted by Gasteiger charge is 2.30. The van der Waals surface area contributed by atoms with Crippen LogP contribution in [0, 0.1) is 11.7 Å². The van der Waals surface area contributed by atoms with E-state index in [9.17, 15) is 14.0 Å². The Labute approximate surface area is 147 Å². The van der Waals surface area contributed by atoms with Crippen LogP contribution in [0.25, 0.3) is 0 Å². The van der Waals surface area contributed by atoms with Gasteiger partial charge in [-0.15, -0.1) is 0 Å². The van der Waals surface area contributed by atoms with Gasteiger partial charge in [0.15, 0.2) is 11.6 Å². The molecule has 2 amide bonds. The van der Waals surface area contributed by atoms with Crippen LogP contribution >= 0.6 is 0 Å². The molecule has 0 spiro atoms. The molecule has 1 aromatic carbocycles. The predicted molar refractivity (Wildman–Crippen MR) is 92.0 cm³/mol. The Hall–Kier alpha value is -2.11. The van der Waals surface area contributed by atoms with Crippen LogP contribution in [0.4, 0.5) is 4.39 Å². The monoisotopic (exact) mass is 348 g/mol. The molecule has 0 bridgehead atoms. The van der Waals surface area contributed by atoms with E-state index < -0.39 is 5.82 Å². The summed E-state index contributed by atoms with van der Waals surface area (Å²) in [5, 5.41) is 0. The minimum atomic E-state index is -0.542. The highest BCUT2D eigenvalue weighted by molar-refractivity contribution is 5.94. The number of nitrogens with zero attached hydrogens (tertiary/aromatic N) is 2. The van der Waals surface area contributed by atoms with Crippen LogP contribution < -0.4 is 4.74 Å². The summed E-state index contributed by atoms with van der Waals surface area (Å²) in [7, 11) is 1.39. The van der Waals surface area contributed by atoms with E-state index in [1.807, 2.05) is 4.90 Å². The molecular weight excluding hydrogens is 323 g/mol. The average Bonchev–Trinajstić information content (AvgIpc) is 2.67. The minimum absolute atomic E-state index is 0.124.